The Hall–Kier alpha value is -3.27. The van der Waals surface area contributed by atoms with Gasteiger partial charge in [0.2, 0.25) is 5.88 Å². The number of ether oxygens (including phenoxy) is 3. The molecular weight excluding hydrogens is 322 g/mol. The number of carbonyl (C=O) groups excluding carboxylic acids is 1. The number of carbonyl (C=O) groups is 1. The summed E-state index contributed by atoms with van der Waals surface area (Å²) in [6, 6.07) is 10.3. The third kappa shape index (κ3) is 3.63. The van der Waals surface area contributed by atoms with Gasteiger partial charge in [0.25, 0.3) is 5.91 Å². The summed E-state index contributed by atoms with van der Waals surface area (Å²) in [4.78, 5) is 18.3. The van der Waals surface area contributed by atoms with E-state index < -0.39 is 0 Å². The molecular formula is C18H17N3O4. The van der Waals surface area contributed by atoms with Crippen molar-refractivity contribution in [3.63, 3.8) is 0 Å². The molecule has 0 unspecified atom stereocenters. The molecule has 128 valence electrons. The average Bonchev–Trinajstić information content (AvgIpc) is 2.63. The maximum Gasteiger partial charge on any atom is 0.254 e. The Bertz CT molecular complexity index is 803. The van der Waals surface area contributed by atoms with E-state index in [-0.39, 0.29) is 12.0 Å². The number of nitriles is 1. The molecule has 2 heterocycles. The molecule has 2 aromatic rings. The number of rotatable bonds is 5. The largest absolute Gasteiger partial charge is 0.497 e. The summed E-state index contributed by atoms with van der Waals surface area (Å²) < 4.78 is 16.1. The Morgan fingerprint density at radius 1 is 1.20 bits per heavy atom. The predicted octanol–water partition coefficient (Wildman–Crippen LogP) is 1.87. The van der Waals surface area contributed by atoms with Crippen LogP contribution in [0.4, 0.5) is 0 Å². The fourth-order valence-corrected chi connectivity index (χ4v) is 2.51. The monoisotopic (exact) mass is 339 g/mol. The van der Waals surface area contributed by atoms with Gasteiger partial charge in [-0.3, -0.25) is 4.79 Å². The molecule has 0 spiro atoms. The first-order chi connectivity index (χ1) is 12.1. The average molecular weight is 339 g/mol. The molecule has 7 heteroatoms. The summed E-state index contributed by atoms with van der Waals surface area (Å²) in [5.41, 5.74) is 0.986. The highest BCUT2D eigenvalue weighted by Crippen LogP contribution is 2.25. The van der Waals surface area contributed by atoms with Crippen molar-refractivity contribution in [2.24, 2.45) is 0 Å². The fourth-order valence-electron chi connectivity index (χ4n) is 2.51. The van der Waals surface area contributed by atoms with Crippen LogP contribution in [0.3, 0.4) is 0 Å². The first-order valence-corrected chi connectivity index (χ1v) is 7.68. The van der Waals surface area contributed by atoms with Gasteiger partial charge in [-0.1, -0.05) is 0 Å². The quantitative estimate of drug-likeness (QED) is 0.827. The minimum Gasteiger partial charge on any atom is -0.497 e. The number of nitrogens with zero attached hydrogens (tertiary/aromatic N) is 3. The number of hydrogen-bond donors (Lipinski definition) is 0. The van der Waals surface area contributed by atoms with Crippen molar-refractivity contribution in [3.05, 3.63) is 47.7 Å². The Balaban J connectivity index is 1.62. The Morgan fingerprint density at radius 3 is 2.48 bits per heavy atom. The van der Waals surface area contributed by atoms with E-state index in [4.69, 9.17) is 19.5 Å². The van der Waals surface area contributed by atoms with Gasteiger partial charge in [0.15, 0.2) is 0 Å². The van der Waals surface area contributed by atoms with E-state index in [1.165, 1.54) is 6.20 Å². The van der Waals surface area contributed by atoms with Gasteiger partial charge in [-0.15, -0.1) is 0 Å². The minimum absolute atomic E-state index is 0.115. The highest BCUT2D eigenvalue weighted by atomic mass is 16.5. The number of benzene rings is 1. The summed E-state index contributed by atoms with van der Waals surface area (Å²) >= 11 is 0. The molecule has 3 rings (SSSR count). The molecule has 0 atom stereocenters. The first-order valence-electron chi connectivity index (χ1n) is 7.68. The van der Waals surface area contributed by atoms with Crippen molar-refractivity contribution < 1.29 is 19.0 Å². The number of hydrogen-bond acceptors (Lipinski definition) is 6. The first kappa shape index (κ1) is 16.6. The third-order valence-electron chi connectivity index (χ3n) is 3.89. The summed E-state index contributed by atoms with van der Waals surface area (Å²) in [5.74, 6) is 1.40. The van der Waals surface area contributed by atoms with Crippen LogP contribution in [0, 0.1) is 11.3 Å². The number of methoxy groups -OCH3 is 2. The van der Waals surface area contributed by atoms with E-state index in [0.717, 1.165) is 0 Å². The number of pyridine rings is 1. The number of aromatic nitrogens is 1. The lowest BCUT2D eigenvalue weighted by Crippen LogP contribution is -2.56. The number of likely N-dealkylation sites (tertiary alicyclic amines) is 1. The SMILES string of the molecule is COc1cc(OC)cc(C(=O)N2CC(Oc3cc(C#N)ccn3)C2)c1. The topological polar surface area (TPSA) is 84.7 Å². The summed E-state index contributed by atoms with van der Waals surface area (Å²) in [7, 11) is 3.08. The third-order valence-corrected chi connectivity index (χ3v) is 3.89. The molecule has 0 bridgehead atoms. The van der Waals surface area contributed by atoms with Crippen LogP contribution in [0.1, 0.15) is 15.9 Å². The van der Waals surface area contributed by atoms with Crippen molar-refractivity contribution in [1.29, 1.82) is 5.26 Å². The predicted molar refractivity (Wildman–Crippen MR) is 88.8 cm³/mol. The minimum atomic E-state index is -0.141. The van der Waals surface area contributed by atoms with Crippen molar-refractivity contribution in [3.8, 4) is 23.4 Å². The van der Waals surface area contributed by atoms with Crippen LogP contribution < -0.4 is 14.2 Å². The molecule has 25 heavy (non-hydrogen) atoms. The van der Waals surface area contributed by atoms with Crippen LogP contribution in [0.25, 0.3) is 0 Å². The summed E-state index contributed by atoms with van der Waals surface area (Å²) in [6.45, 7) is 0.910. The van der Waals surface area contributed by atoms with Gasteiger partial charge in [-0.05, 0) is 18.2 Å². The van der Waals surface area contributed by atoms with Crippen molar-refractivity contribution in [2.75, 3.05) is 27.3 Å². The van der Waals surface area contributed by atoms with E-state index in [1.54, 1.807) is 49.5 Å². The normalized spacial score (nSPS) is 13.6. The second-order valence-corrected chi connectivity index (χ2v) is 5.55. The van der Waals surface area contributed by atoms with Crippen LogP contribution in [0.15, 0.2) is 36.5 Å². The number of amides is 1. The Morgan fingerprint density at radius 2 is 1.88 bits per heavy atom. The zero-order valence-corrected chi connectivity index (χ0v) is 13.9. The van der Waals surface area contributed by atoms with E-state index in [1.807, 2.05) is 6.07 Å². The van der Waals surface area contributed by atoms with Gasteiger partial charge in [-0.25, -0.2) is 4.98 Å². The zero-order valence-electron chi connectivity index (χ0n) is 13.9. The lowest BCUT2D eigenvalue weighted by atomic mass is 10.1. The lowest BCUT2D eigenvalue weighted by Gasteiger charge is -2.38. The molecule has 0 saturated carbocycles. The van der Waals surface area contributed by atoms with Gasteiger partial charge in [0.05, 0.1) is 38.9 Å². The van der Waals surface area contributed by atoms with Crippen molar-refractivity contribution >= 4 is 5.91 Å². The van der Waals surface area contributed by atoms with E-state index in [9.17, 15) is 4.79 Å². The second-order valence-electron chi connectivity index (χ2n) is 5.55. The maximum atomic E-state index is 12.6. The molecule has 0 N–H and O–H groups in total. The van der Waals surface area contributed by atoms with Crippen LogP contribution in [-0.4, -0.2) is 49.2 Å². The molecule has 0 aliphatic carbocycles. The summed E-state index contributed by atoms with van der Waals surface area (Å²) in [6.07, 6.45) is 1.38. The Kier molecular flexibility index (Phi) is 4.70. The second kappa shape index (κ2) is 7.09. The van der Waals surface area contributed by atoms with Crippen LogP contribution in [0.5, 0.6) is 17.4 Å². The van der Waals surface area contributed by atoms with Crippen LogP contribution in [0.2, 0.25) is 0 Å². The van der Waals surface area contributed by atoms with Gasteiger partial charge < -0.3 is 19.1 Å². The van der Waals surface area contributed by atoms with Crippen LogP contribution >= 0.6 is 0 Å². The molecule has 1 fully saturated rings. The zero-order chi connectivity index (χ0) is 17.8. The highest BCUT2D eigenvalue weighted by Gasteiger charge is 2.33. The summed E-state index contributed by atoms with van der Waals surface area (Å²) in [5, 5.41) is 8.89. The van der Waals surface area contributed by atoms with E-state index in [0.29, 0.717) is 41.6 Å². The lowest BCUT2D eigenvalue weighted by molar-refractivity contribution is 0.0159. The Labute approximate surface area is 145 Å². The van der Waals surface area contributed by atoms with Gasteiger partial charge in [0, 0.05) is 23.9 Å². The molecule has 1 aromatic heterocycles. The molecule has 1 saturated heterocycles. The van der Waals surface area contributed by atoms with Crippen LogP contribution in [-0.2, 0) is 0 Å². The van der Waals surface area contributed by atoms with E-state index in [2.05, 4.69) is 4.98 Å². The molecule has 1 aromatic carbocycles. The van der Waals surface area contributed by atoms with Crippen molar-refractivity contribution in [2.45, 2.75) is 6.10 Å². The van der Waals surface area contributed by atoms with E-state index >= 15 is 0 Å². The molecule has 1 aliphatic heterocycles. The molecule has 1 amide bonds. The smallest absolute Gasteiger partial charge is 0.254 e. The molecule has 0 radical (unpaired) electrons. The molecule has 7 nitrogen and oxygen atoms in total. The maximum absolute atomic E-state index is 12.6. The van der Waals surface area contributed by atoms with Crippen molar-refractivity contribution in [1.82, 2.24) is 9.88 Å². The molecule has 1 aliphatic rings. The standard InChI is InChI=1S/C18H17N3O4/c1-23-14-6-13(7-15(8-14)24-2)18(22)21-10-16(11-21)25-17-5-12(9-19)3-4-20-17/h3-8,16H,10-11H2,1-2H3. The van der Waals surface area contributed by atoms with Gasteiger partial charge in [0.1, 0.15) is 17.6 Å². The van der Waals surface area contributed by atoms with Gasteiger partial charge >= 0.3 is 0 Å². The fraction of sp³-hybridized carbons (Fsp3) is 0.278. The van der Waals surface area contributed by atoms with Gasteiger partial charge in [-0.2, -0.15) is 5.26 Å². The highest BCUT2D eigenvalue weighted by molar-refractivity contribution is 5.95.